The number of alkyl halides is 3. The maximum atomic E-state index is 13.3. The topological polar surface area (TPSA) is 32.3 Å². The summed E-state index contributed by atoms with van der Waals surface area (Å²) in [6.45, 7) is 5.87. The lowest BCUT2D eigenvalue weighted by molar-refractivity contribution is -0.139. The minimum Gasteiger partial charge on any atom is -0.386 e. The molecule has 2 N–H and O–H groups in total. The Kier molecular flexibility index (Phi) is 8.95. The Balaban J connectivity index is 2.36. The Morgan fingerprint density at radius 2 is 1.60 bits per heavy atom. The van der Waals surface area contributed by atoms with Crippen LogP contribution in [-0.4, -0.2) is 27.8 Å². The van der Waals surface area contributed by atoms with Crippen LogP contribution < -0.4 is 5.32 Å². The largest absolute Gasteiger partial charge is 0.390 e. The second-order valence-electron chi connectivity index (χ2n) is 8.14. The monoisotopic (exact) mass is 479 g/mol. The van der Waals surface area contributed by atoms with Crippen LogP contribution in [0.3, 0.4) is 0 Å². The molecule has 3 atom stereocenters. The summed E-state index contributed by atoms with van der Waals surface area (Å²) >= 11 is 13.5. The molecular weight excluding hydrogens is 454 g/mol. The molecule has 0 radical (unpaired) electrons. The Morgan fingerprint density at radius 3 is 2.13 bits per heavy atom. The van der Waals surface area contributed by atoms with Gasteiger partial charge in [-0.3, -0.25) is 0 Å². The van der Waals surface area contributed by atoms with E-state index in [0.29, 0.717) is 21.2 Å². The van der Waals surface area contributed by atoms with Gasteiger partial charge in [0.1, 0.15) is 0 Å². The zero-order chi connectivity index (χ0) is 22.5. The van der Waals surface area contributed by atoms with E-state index < -0.39 is 30.8 Å². The molecule has 0 amide bonds. The first-order valence-electron chi connectivity index (χ1n) is 9.50. The lowest BCUT2D eigenvalue weighted by atomic mass is 9.94. The molecule has 2 rings (SSSR count). The fourth-order valence-electron chi connectivity index (χ4n) is 2.97. The second-order valence-corrected chi connectivity index (χ2v) is 10.9. The van der Waals surface area contributed by atoms with Crippen LogP contribution in [0, 0.1) is 0 Å². The third-order valence-corrected chi connectivity index (χ3v) is 6.27. The molecular formula is C22H26Cl2F3NOS. The lowest BCUT2D eigenvalue weighted by Gasteiger charge is -2.32. The molecule has 2 aromatic carbocycles. The van der Waals surface area contributed by atoms with E-state index in [4.69, 9.17) is 23.2 Å². The molecule has 2 nitrogen and oxygen atoms in total. The van der Waals surface area contributed by atoms with Crippen molar-refractivity contribution in [1.29, 1.82) is 0 Å². The maximum absolute atomic E-state index is 13.3. The summed E-state index contributed by atoms with van der Waals surface area (Å²) in [7, 11) is 0. The first-order chi connectivity index (χ1) is 13.8. The van der Waals surface area contributed by atoms with E-state index in [-0.39, 0.29) is 10.5 Å². The van der Waals surface area contributed by atoms with Crippen LogP contribution in [0.5, 0.6) is 0 Å². The first-order valence-corrected chi connectivity index (χ1v) is 11.2. The quantitative estimate of drug-likeness (QED) is 0.419. The van der Waals surface area contributed by atoms with Crippen molar-refractivity contribution in [3.05, 3.63) is 69.7 Å². The van der Waals surface area contributed by atoms with Gasteiger partial charge in [0.25, 0.3) is 0 Å². The smallest absolute Gasteiger partial charge is 0.386 e. The molecule has 2 aromatic rings. The van der Waals surface area contributed by atoms with Gasteiger partial charge in [0.15, 0.2) is 0 Å². The highest BCUT2D eigenvalue weighted by Gasteiger charge is 2.35. The Bertz CT molecular complexity index is 809. The third-order valence-electron chi connectivity index (χ3n) is 4.35. The molecule has 0 saturated carbocycles. The summed E-state index contributed by atoms with van der Waals surface area (Å²) in [4.78, 5) is 0. The molecule has 0 spiro atoms. The molecule has 0 bridgehead atoms. The maximum Gasteiger partial charge on any atom is 0.390 e. The zero-order valence-electron chi connectivity index (χ0n) is 17.0. The van der Waals surface area contributed by atoms with E-state index in [1.165, 1.54) is 11.8 Å². The van der Waals surface area contributed by atoms with Gasteiger partial charge in [-0.05, 0) is 35.4 Å². The van der Waals surface area contributed by atoms with Crippen molar-refractivity contribution in [3.8, 4) is 0 Å². The van der Waals surface area contributed by atoms with Gasteiger partial charge in [-0.1, -0.05) is 68.2 Å². The number of hydrogen-bond acceptors (Lipinski definition) is 3. The number of benzene rings is 2. The molecule has 0 saturated heterocycles. The van der Waals surface area contributed by atoms with Gasteiger partial charge in [-0.2, -0.15) is 24.9 Å². The molecule has 30 heavy (non-hydrogen) atoms. The number of nitrogens with one attached hydrogen (secondary N) is 1. The van der Waals surface area contributed by atoms with Crippen LogP contribution in [0.4, 0.5) is 13.2 Å². The van der Waals surface area contributed by atoms with E-state index in [0.717, 1.165) is 0 Å². The van der Waals surface area contributed by atoms with Crippen LogP contribution in [0.2, 0.25) is 10.0 Å². The van der Waals surface area contributed by atoms with Gasteiger partial charge in [0.05, 0.1) is 18.6 Å². The van der Waals surface area contributed by atoms with Crippen LogP contribution in [0.15, 0.2) is 48.5 Å². The van der Waals surface area contributed by atoms with Crippen molar-refractivity contribution < 1.29 is 18.3 Å². The van der Waals surface area contributed by atoms with Gasteiger partial charge in [0, 0.05) is 26.6 Å². The van der Waals surface area contributed by atoms with Gasteiger partial charge < -0.3 is 10.4 Å². The predicted octanol–water partition coefficient (Wildman–Crippen LogP) is 7.21. The summed E-state index contributed by atoms with van der Waals surface area (Å²) in [5.41, 5.74) is 1.16. The Morgan fingerprint density at radius 1 is 0.967 bits per heavy atom. The average molecular weight is 480 g/mol. The minimum absolute atomic E-state index is 0.188. The molecule has 0 fully saturated rings. The van der Waals surface area contributed by atoms with Crippen molar-refractivity contribution in [1.82, 2.24) is 5.32 Å². The number of rotatable bonds is 8. The molecule has 0 aliphatic carbocycles. The number of thioether (sulfide) groups is 1. The number of aliphatic hydroxyl groups is 1. The van der Waals surface area contributed by atoms with E-state index in [1.807, 2.05) is 20.8 Å². The summed E-state index contributed by atoms with van der Waals surface area (Å²) in [6, 6.07) is 11.7. The Hall–Kier alpha value is -0.920. The van der Waals surface area contributed by atoms with Crippen molar-refractivity contribution in [2.45, 2.75) is 56.3 Å². The van der Waals surface area contributed by atoms with Gasteiger partial charge in [-0.15, -0.1) is 0 Å². The SMILES string of the molecule is CC(C)(C)SCC(CC(F)(F)F)NC(c1ccc(Cl)cc1)C(O)c1cccc(Cl)c1. The number of halogens is 5. The minimum atomic E-state index is -4.33. The molecule has 166 valence electrons. The summed E-state index contributed by atoms with van der Waals surface area (Å²) in [5.74, 6) is 0.245. The van der Waals surface area contributed by atoms with E-state index in [9.17, 15) is 18.3 Å². The molecule has 3 unspecified atom stereocenters. The van der Waals surface area contributed by atoms with E-state index >= 15 is 0 Å². The summed E-state index contributed by atoms with van der Waals surface area (Å²) in [6.07, 6.45) is -6.43. The number of aliphatic hydroxyl groups excluding tert-OH is 1. The van der Waals surface area contributed by atoms with E-state index in [1.54, 1.807) is 48.5 Å². The van der Waals surface area contributed by atoms with Crippen LogP contribution in [0.25, 0.3) is 0 Å². The molecule has 0 aromatic heterocycles. The lowest BCUT2D eigenvalue weighted by Crippen LogP contribution is -2.41. The van der Waals surface area contributed by atoms with E-state index in [2.05, 4.69) is 5.32 Å². The van der Waals surface area contributed by atoms with Crippen LogP contribution in [0.1, 0.15) is 50.5 Å². The standard InChI is InChI=1S/C22H26Cl2F3NOS/c1-21(2,3)30-13-18(12-22(25,26)27)28-19(14-7-9-16(23)10-8-14)20(29)15-5-4-6-17(24)11-15/h4-11,18-20,28-29H,12-13H2,1-3H3. The highest BCUT2D eigenvalue weighted by atomic mass is 35.5. The predicted molar refractivity (Wildman–Crippen MR) is 120 cm³/mol. The summed E-state index contributed by atoms with van der Waals surface area (Å²) in [5, 5.41) is 15.1. The number of hydrogen-bond donors (Lipinski definition) is 2. The van der Waals surface area contributed by atoms with Gasteiger partial charge in [-0.25, -0.2) is 0 Å². The molecule has 0 heterocycles. The van der Waals surface area contributed by atoms with Crippen molar-refractivity contribution in [2.75, 3.05) is 5.75 Å². The van der Waals surface area contributed by atoms with Gasteiger partial charge in [0.2, 0.25) is 0 Å². The fraction of sp³-hybridized carbons (Fsp3) is 0.455. The summed E-state index contributed by atoms with van der Waals surface area (Å²) < 4.78 is 39.6. The highest BCUT2D eigenvalue weighted by Crippen LogP contribution is 2.34. The highest BCUT2D eigenvalue weighted by molar-refractivity contribution is 8.00. The Labute approximate surface area is 190 Å². The van der Waals surface area contributed by atoms with Gasteiger partial charge >= 0.3 is 6.18 Å². The zero-order valence-corrected chi connectivity index (χ0v) is 19.3. The van der Waals surface area contributed by atoms with Crippen LogP contribution in [-0.2, 0) is 0 Å². The molecule has 0 aliphatic heterocycles. The normalized spacial score (nSPS) is 15.6. The second kappa shape index (κ2) is 10.6. The average Bonchev–Trinajstić information content (AvgIpc) is 2.62. The third kappa shape index (κ3) is 8.67. The first kappa shape index (κ1) is 25.3. The van der Waals surface area contributed by atoms with Crippen molar-refractivity contribution in [2.24, 2.45) is 0 Å². The van der Waals surface area contributed by atoms with Crippen molar-refractivity contribution in [3.63, 3.8) is 0 Å². The van der Waals surface area contributed by atoms with Crippen molar-refractivity contribution >= 4 is 35.0 Å². The molecule has 0 aliphatic rings. The molecule has 8 heteroatoms. The fourth-order valence-corrected chi connectivity index (χ4v) is 4.21. The van der Waals surface area contributed by atoms with Crippen LogP contribution >= 0.6 is 35.0 Å².